The minimum atomic E-state index is -0.517. The molecule has 0 heterocycles. The van der Waals surface area contributed by atoms with Gasteiger partial charge in [-0.15, -0.1) is 0 Å². The van der Waals surface area contributed by atoms with E-state index < -0.39 is 5.91 Å². The molecule has 3 aromatic carbocycles. The summed E-state index contributed by atoms with van der Waals surface area (Å²) in [6.45, 7) is 4.28. The highest BCUT2D eigenvalue weighted by Crippen LogP contribution is 2.30. The Hall–Kier alpha value is -3.75. The lowest BCUT2D eigenvalue weighted by atomic mass is 10.1. The summed E-state index contributed by atoms with van der Waals surface area (Å²) in [6.07, 6.45) is 1.50. The first-order valence-corrected chi connectivity index (χ1v) is 10.3. The molecule has 32 heavy (non-hydrogen) atoms. The third-order valence-corrected chi connectivity index (χ3v) is 5.06. The molecular weight excluding hydrogens is 424 g/mol. The van der Waals surface area contributed by atoms with Gasteiger partial charge in [-0.3, -0.25) is 4.79 Å². The SMILES string of the molecule is COc1cc(/C=C(\C#N)C(=O)Nc2cc(Cl)ccc2C)ccc1OCc1ccc(C)cc1. The van der Waals surface area contributed by atoms with Gasteiger partial charge in [0.25, 0.3) is 5.91 Å². The van der Waals surface area contributed by atoms with Gasteiger partial charge in [-0.1, -0.05) is 53.6 Å². The minimum Gasteiger partial charge on any atom is -0.493 e. The van der Waals surface area contributed by atoms with Crippen molar-refractivity contribution in [3.63, 3.8) is 0 Å². The average molecular weight is 447 g/mol. The zero-order valence-corrected chi connectivity index (χ0v) is 18.9. The number of amides is 1. The lowest BCUT2D eigenvalue weighted by Gasteiger charge is -2.12. The predicted octanol–water partition coefficient (Wildman–Crippen LogP) is 6.09. The fourth-order valence-corrected chi connectivity index (χ4v) is 3.14. The maximum atomic E-state index is 12.6. The van der Waals surface area contributed by atoms with Gasteiger partial charge in [0.1, 0.15) is 18.2 Å². The van der Waals surface area contributed by atoms with Gasteiger partial charge < -0.3 is 14.8 Å². The van der Waals surface area contributed by atoms with Gasteiger partial charge in [-0.05, 0) is 60.9 Å². The summed E-state index contributed by atoms with van der Waals surface area (Å²) < 4.78 is 11.3. The summed E-state index contributed by atoms with van der Waals surface area (Å²) in [5.41, 5.74) is 4.23. The van der Waals surface area contributed by atoms with Gasteiger partial charge in [-0.2, -0.15) is 5.26 Å². The van der Waals surface area contributed by atoms with E-state index in [1.807, 2.05) is 44.2 Å². The summed E-state index contributed by atoms with van der Waals surface area (Å²) >= 11 is 6.01. The van der Waals surface area contributed by atoms with Crippen molar-refractivity contribution in [1.82, 2.24) is 0 Å². The Morgan fingerprint density at radius 1 is 1.06 bits per heavy atom. The van der Waals surface area contributed by atoms with Crippen molar-refractivity contribution < 1.29 is 14.3 Å². The molecule has 0 aliphatic carbocycles. The minimum absolute atomic E-state index is 0.0419. The Bertz CT molecular complexity index is 1190. The number of hydrogen-bond acceptors (Lipinski definition) is 4. The number of nitrogens with one attached hydrogen (secondary N) is 1. The molecule has 0 unspecified atom stereocenters. The van der Waals surface area contributed by atoms with Crippen LogP contribution in [0.4, 0.5) is 5.69 Å². The number of hydrogen-bond donors (Lipinski definition) is 1. The third kappa shape index (κ3) is 5.90. The number of halogens is 1. The van der Waals surface area contributed by atoms with Crippen LogP contribution in [0.3, 0.4) is 0 Å². The number of nitrogens with zero attached hydrogens (tertiary/aromatic N) is 1. The van der Waals surface area contributed by atoms with Crippen molar-refractivity contribution in [1.29, 1.82) is 5.26 Å². The maximum absolute atomic E-state index is 12.6. The van der Waals surface area contributed by atoms with Crippen molar-refractivity contribution in [2.75, 3.05) is 12.4 Å². The van der Waals surface area contributed by atoms with Crippen LogP contribution >= 0.6 is 11.6 Å². The summed E-state index contributed by atoms with van der Waals surface area (Å²) in [7, 11) is 1.54. The molecule has 0 aliphatic heterocycles. The van der Waals surface area contributed by atoms with Crippen molar-refractivity contribution in [2.24, 2.45) is 0 Å². The molecule has 0 fully saturated rings. The van der Waals surface area contributed by atoms with Crippen LogP contribution in [0.15, 0.2) is 66.2 Å². The van der Waals surface area contributed by atoms with E-state index in [0.717, 1.165) is 11.1 Å². The predicted molar refractivity (Wildman–Crippen MR) is 127 cm³/mol. The maximum Gasteiger partial charge on any atom is 0.266 e. The number of anilines is 1. The van der Waals surface area contributed by atoms with Crippen LogP contribution in [0.1, 0.15) is 22.3 Å². The van der Waals surface area contributed by atoms with Crippen LogP contribution in [0, 0.1) is 25.2 Å². The monoisotopic (exact) mass is 446 g/mol. The Kier molecular flexibility index (Phi) is 7.54. The van der Waals surface area contributed by atoms with E-state index in [1.54, 1.807) is 43.5 Å². The molecule has 5 nitrogen and oxygen atoms in total. The van der Waals surface area contributed by atoms with Gasteiger partial charge in [-0.25, -0.2) is 0 Å². The second-order valence-electron chi connectivity index (χ2n) is 7.27. The second-order valence-corrected chi connectivity index (χ2v) is 7.70. The highest BCUT2D eigenvalue weighted by Gasteiger charge is 2.13. The van der Waals surface area contributed by atoms with Crippen LogP contribution < -0.4 is 14.8 Å². The van der Waals surface area contributed by atoms with Gasteiger partial charge >= 0.3 is 0 Å². The highest BCUT2D eigenvalue weighted by molar-refractivity contribution is 6.31. The number of methoxy groups -OCH3 is 1. The molecule has 3 rings (SSSR count). The van der Waals surface area contributed by atoms with E-state index >= 15 is 0 Å². The van der Waals surface area contributed by atoms with E-state index in [4.69, 9.17) is 21.1 Å². The van der Waals surface area contributed by atoms with Gasteiger partial charge in [0, 0.05) is 10.7 Å². The zero-order valence-electron chi connectivity index (χ0n) is 18.1. The molecule has 0 aliphatic rings. The number of carbonyl (C=O) groups excluding carboxylic acids is 1. The third-order valence-electron chi connectivity index (χ3n) is 4.83. The number of nitriles is 1. The molecule has 1 amide bonds. The zero-order chi connectivity index (χ0) is 23.1. The van der Waals surface area contributed by atoms with Crippen LogP contribution in [-0.4, -0.2) is 13.0 Å². The average Bonchev–Trinajstić information content (AvgIpc) is 2.79. The smallest absolute Gasteiger partial charge is 0.266 e. The van der Waals surface area contributed by atoms with E-state index in [2.05, 4.69) is 5.32 Å². The number of benzene rings is 3. The molecule has 6 heteroatoms. The van der Waals surface area contributed by atoms with Crippen molar-refractivity contribution in [2.45, 2.75) is 20.5 Å². The molecule has 0 aromatic heterocycles. The van der Waals surface area contributed by atoms with Gasteiger partial charge in [0.05, 0.1) is 7.11 Å². The molecule has 0 atom stereocenters. The molecule has 0 radical (unpaired) electrons. The Balaban J connectivity index is 1.76. The summed E-state index contributed by atoms with van der Waals surface area (Å²) in [6, 6.07) is 20.5. The fourth-order valence-electron chi connectivity index (χ4n) is 2.97. The summed E-state index contributed by atoms with van der Waals surface area (Å²) in [5.74, 6) is 0.563. The van der Waals surface area contributed by atoms with Crippen LogP contribution in [-0.2, 0) is 11.4 Å². The quantitative estimate of drug-likeness (QED) is 0.352. The molecule has 3 aromatic rings. The molecule has 162 valence electrons. The van der Waals surface area contributed by atoms with E-state index in [1.165, 1.54) is 11.6 Å². The van der Waals surface area contributed by atoms with Crippen molar-refractivity contribution in [3.05, 3.63) is 93.5 Å². The molecular formula is C26H23ClN2O3. The van der Waals surface area contributed by atoms with Crippen LogP contribution in [0.5, 0.6) is 11.5 Å². The van der Waals surface area contributed by atoms with Crippen LogP contribution in [0.2, 0.25) is 5.02 Å². The topological polar surface area (TPSA) is 71.3 Å². The summed E-state index contributed by atoms with van der Waals surface area (Å²) in [4.78, 5) is 12.6. The molecule has 0 bridgehead atoms. The van der Waals surface area contributed by atoms with E-state index in [9.17, 15) is 10.1 Å². The lowest BCUT2D eigenvalue weighted by molar-refractivity contribution is -0.112. The second kappa shape index (κ2) is 10.5. The number of aryl methyl sites for hydroxylation is 2. The first-order valence-electron chi connectivity index (χ1n) is 9.95. The first kappa shape index (κ1) is 22.9. The van der Waals surface area contributed by atoms with Crippen molar-refractivity contribution >= 4 is 29.3 Å². The Labute approximate surface area is 192 Å². The van der Waals surface area contributed by atoms with Crippen molar-refractivity contribution in [3.8, 4) is 17.6 Å². The van der Waals surface area contributed by atoms with E-state index in [0.29, 0.717) is 34.4 Å². The highest BCUT2D eigenvalue weighted by atomic mass is 35.5. The van der Waals surface area contributed by atoms with Gasteiger partial charge in [0.2, 0.25) is 0 Å². The van der Waals surface area contributed by atoms with Gasteiger partial charge in [0.15, 0.2) is 11.5 Å². The molecule has 1 N–H and O–H groups in total. The number of rotatable bonds is 7. The first-order chi connectivity index (χ1) is 15.4. The molecule has 0 saturated carbocycles. The fraction of sp³-hybridized carbons (Fsp3) is 0.154. The number of carbonyl (C=O) groups is 1. The normalized spacial score (nSPS) is 10.9. The molecule has 0 spiro atoms. The lowest BCUT2D eigenvalue weighted by Crippen LogP contribution is -2.14. The standard InChI is InChI=1S/C26H23ClN2O3/c1-17-4-7-19(8-5-17)16-32-24-11-9-20(13-25(24)31-3)12-21(15-28)26(30)29-23-14-22(27)10-6-18(23)2/h4-14H,16H2,1-3H3,(H,29,30)/b21-12+. The Morgan fingerprint density at radius 2 is 1.81 bits per heavy atom. The number of ether oxygens (including phenoxy) is 2. The molecule has 0 saturated heterocycles. The largest absolute Gasteiger partial charge is 0.493 e. The van der Waals surface area contributed by atoms with E-state index in [-0.39, 0.29) is 5.57 Å². The van der Waals surface area contributed by atoms with Crippen LogP contribution in [0.25, 0.3) is 6.08 Å². The Morgan fingerprint density at radius 3 is 2.50 bits per heavy atom. The summed E-state index contributed by atoms with van der Waals surface area (Å²) in [5, 5.41) is 12.7.